The second-order valence-corrected chi connectivity index (χ2v) is 7.19. The number of hydrogen-bond donors (Lipinski definition) is 2. The highest BCUT2D eigenvalue weighted by molar-refractivity contribution is 5.96. The summed E-state index contributed by atoms with van der Waals surface area (Å²) in [5.74, 6) is 1.15. The molecule has 0 saturated carbocycles. The van der Waals surface area contributed by atoms with Crippen molar-refractivity contribution in [1.29, 1.82) is 0 Å². The van der Waals surface area contributed by atoms with Crippen LogP contribution in [0.4, 0.5) is 10.2 Å². The summed E-state index contributed by atoms with van der Waals surface area (Å²) in [6.07, 6.45) is 6.40. The van der Waals surface area contributed by atoms with E-state index in [1.54, 1.807) is 49.7 Å². The first-order chi connectivity index (χ1) is 17.0. The van der Waals surface area contributed by atoms with Gasteiger partial charge in [0.05, 0.1) is 25.5 Å². The smallest absolute Gasteiger partial charge is 0.251 e. The summed E-state index contributed by atoms with van der Waals surface area (Å²) in [5.41, 5.74) is 2.42. The molecule has 8 nitrogen and oxygen atoms in total. The lowest BCUT2D eigenvalue weighted by molar-refractivity contribution is 0.0949. The van der Waals surface area contributed by atoms with E-state index in [4.69, 9.17) is 9.47 Å². The fraction of sp³-hybridized carbons (Fsp3) is 0.231. The molecule has 186 valence electrons. The highest BCUT2D eigenvalue weighted by Gasteiger charge is 2.15. The predicted molar refractivity (Wildman–Crippen MR) is 138 cm³/mol. The van der Waals surface area contributed by atoms with Crippen molar-refractivity contribution in [2.45, 2.75) is 27.3 Å². The van der Waals surface area contributed by atoms with Gasteiger partial charge in [0.2, 0.25) is 5.88 Å². The molecule has 0 fully saturated rings. The van der Waals surface area contributed by atoms with Crippen LogP contribution in [0.25, 0.3) is 0 Å². The fourth-order valence-corrected chi connectivity index (χ4v) is 3.28. The number of hydrogen-bond acceptors (Lipinski definition) is 7. The van der Waals surface area contributed by atoms with Crippen molar-refractivity contribution < 1.29 is 21.5 Å². The van der Waals surface area contributed by atoms with Crippen molar-refractivity contribution in [3.63, 3.8) is 0 Å². The second-order valence-electron chi connectivity index (χ2n) is 7.19. The average molecular weight is 482 g/mol. The topological polar surface area (TPSA) is 97.7 Å². The van der Waals surface area contributed by atoms with Crippen LogP contribution in [-0.4, -0.2) is 35.7 Å². The van der Waals surface area contributed by atoms with Gasteiger partial charge in [-0.3, -0.25) is 9.79 Å². The van der Waals surface area contributed by atoms with Gasteiger partial charge in [-0.25, -0.2) is 14.4 Å². The predicted octanol–water partition coefficient (Wildman–Crippen LogP) is 5.55. The molecule has 0 spiro atoms. The molecule has 9 heteroatoms. The van der Waals surface area contributed by atoms with Crippen LogP contribution in [0.15, 0.2) is 65.6 Å². The van der Waals surface area contributed by atoms with Gasteiger partial charge in [0.1, 0.15) is 23.1 Å². The van der Waals surface area contributed by atoms with Crippen LogP contribution in [0.3, 0.4) is 0 Å². The largest absolute Gasteiger partial charge is 0.481 e. The third-order valence-electron chi connectivity index (χ3n) is 4.93. The van der Waals surface area contributed by atoms with E-state index in [-0.39, 0.29) is 21.2 Å². The summed E-state index contributed by atoms with van der Waals surface area (Å²) in [6, 6.07) is 10.00. The van der Waals surface area contributed by atoms with E-state index in [1.165, 1.54) is 13.2 Å². The lowest BCUT2D eigenvalue weighted by Gasteiger charge is -2.14. The molecule has 1 aliphatic heterocycles. The van der Waals surface area contributed by atoms with Gasteiger partial charge in [-0.2, -0.15) is 0 Å². The monoisotopic (exact) mass is 481 g/mol. The zero-order valence-electron chi connectivity index (χ0n) is 20.1. The summed E-state index contributed by atoms with van der Waals surface area (Å²) >= 11 is 0. The van der Waals surface area contributed by atoms with E-state index in [0.717, 1.165) is 11.9 Å². The van der Waals surface area contributed by atoms with Gasteiger partial charge >= 0.3 is 0 Å². The molecule has 1 amide bonds. The maximum Gasteiger partial charge on any atom is 0.251 e. The number of aromatic nitrogens is 2. The first-order valence-corrected chi connectivity index (χ1v) is 11.2. The van der Waals surface area contributed by atoms with E-state index in [9.17, 15) is 9.18 Å². The van der Waals surface area contributed by atoms with E-state index < -0.39 is 5.82 Å². The number of benzene rings is 1. The number of ether oxygens (including phenoxy) is 2. The molecule has 2 N–H and O–H groups in total. The van der Waals surface area contributed by atoms with E-state index >= 15 is 0 Å². The van der Waals surface area contributed by atoms with E-state index in [2.05, 4.69) is 25.6 Å². The van der Waals surface area contributed by atoms with Crippen molar-refractivity contribution >= 4 is 17.9 Å². The number of amides is 1. The van der Waals surface area contributed by atoms with Crippen molar-refractivity contribution in [2.24, 2.45) is 4.99 Å². The van der Waals surface area contributed by atoms with E-state index in [1.807, 2.05) is 19.9 Å². The van der Waals surface area contributed by atoms with Crippen LogP contribution in [0.5, 0.6) is 17.4 Å². The number of halogens is 1. The molecular weight excluding hydrogens is 449 g/mol. The molecular formula is C26H32FN5O3. The lowest BCUT2D eigenvalue weighted by atomic mass is 10.1. The molecule has 2 aromatic heterocycles. The number of allylic oxidation sites excluding steroid dienone is 1. The molecule has 1 aromatic carbocycles. The zero-order valence-corrected chi connectivity index (χ0v) is 20.1. The maximum absolute atomic E-state index is 13.5. The van der Waals surface area contributed by atoms with Crippen molar-refractivity contribution in [3.8, 4) is 17.4 Å². The first kappa shape index (κ1) is 25.4. The molecule has 1 aliphatic rings. The Kier molecular flexibility index (Phi) is 8.89. The Morgan fingerprint density at radius 1 is 1.20 bits per heavy atom. The van der Waals surface area contributed by atoms with Gasteiger partial charge in [0, 0.05) is 44.6 Å². The molecule has 0 bridgehead atoms. The van der Waals surface area contributed by atoms with Gasteiger partial charge in [0.15, 0.2) is 0 Å². The molecule has 3 aromatic rings. The minimum absolute atomic E-state index is 0. The third kappa shape index (κ3) is 6.63. The molecule has 0 aliphatic carbocycles. The lowest BCUT2D eigenvalue weighted by Crippen LogP contribution is -2.24. The Bertz CT molecular complexity index is 1250. The molecule has 0 saturated heterocycles. The summed E-state index contributed by atoms with van der Waals surface area (Å²) in [6.45, 7) is 6.51. The molecule has 35 heavy (non-hydrogen) atoms. The highest BCUT2D eigenvalue weighted by Crippen LogP contribution is 2.28. The normalized spacial score (nSPS) is 11.7. The quantitative estimate of drug-likeness (QED) is 0.438. The number of nitrogens with one attached hydrogen (secondary N) is 2. The van der Waals surface area contributed by atoms with Crippen molar-refractivity contribution in [2.75, 3.05) is 19.0 Å². The first-order valence-electron chi connectivity index (χ1n) is 11.2. The van der Waals surface area contributed by atoms with Gasteiger partial charge in [-0.05, 0) is 37.3 Å². The van der Waals surface area contributed by atoms with Crippen LogP contribution >= 0.6 is 0 Å². The Morgan fingerprint density at radius 2 is 2.03 bits per heavy atom. The van der Waals surface area contributed by atoms with Gasteiger partial charge in [-0.15, -0.1) is 0 Å². The third-order valence-corrected chi connectivity index (χ3v) is 4.93. The zero-order chi connectivity index (χ0) is 25.2. The Morgan fingerprint density at radius 3 is 2.77 bits per heavy atom. The van der Waals surface area contributed by atoms with Crippen LogP contribution in [0.1, 0.15) is 38.2 Å². The van der Waals surface area contributed by atoms with Gasteiger partial charge in [-0.1, -0.05) is 19.9 Å². The molecule has 3 heterocycles. The number of carbonyl (C=O) groups excluding carboxylic acids is 1. The number of anilines is 1. The minimum atomic E-state index is -0.505. The Hall–Kier alpha value is -4.27. The molecule has 4 rings (SSSR count). The summed E-state index contributed by atoms with van der Waals surface area (Å²) in [5, 5.41) is 5.95. The molecule has 0 atom stereocenters. The average Bonchev–Trinajstić information content (AvgIpc) is 3.38. The molecule has 0 unspecified atom stereocenters. The number of methoxy groups -OCH3 is 1. The van der Waals surface area contributed by atoms with Crippen LogP contribution in [0.2, 0.25) is 0 Å². The van der Waals surface area contributed by atoms with Crippen LogP contribution in [0, 0.1) is 12.7 Å². The number of rotatable bonds is 8. The van der Waals surface area contributed by atoms with Crippen LogP contribution in [-0.2, 0) is 6.54 Å². The van der Waals surface area contributed by atoms with Gasteiger partial charge in [0.25, 0.3) is 5.91 Å². The Balaban J connectivity index is 0.00000167. The molecule has 0 radical (unpaired) electrons. The van der Waals surface area contributed by atoms with Gasteiger partial charge < -0.3 is 20.1 Å². The number of nitrogens with zero attached hydrogens (tertiary/aromatic N) is 3. The second kappa shape index (κ2) is 12.3. The Labute approximate surface area is 206 Å². The van der Waals surface area contributed by atoms with E-state index in [0.29, 0.717) is 40.6 Å². The summed E-state index contributed by atoms with van der Waals surface area (Å²) in [7, 11) is 1.44. The number of pyridine rings is 2. The minimum Gasteiger partial charge on any atom is -0.481 e. The SMILES string of the molecule is CC.COc1ncc(F)cc1CNC(=O)c1cccc(Oc2ccnc(NC3=CCN=C3)c2)c1C.[HH].[HH]. The fourth-order valence-electron chi connectivity index (χ4n) is 3.28. The van der Waals surface area contributed by atoms with Crippen molar-refractivity contribution in [3.05, 3.63) is 83.1 Å². The maximum atomic E-state index is 13.5. The number of carbonyl (C=O) groups is 1. The van der Waals surface area contributed by atoms with Crippen LogP contribution < -0.4 is 20.1 Å². The standard InChI is InChI=1S/C24H22FN5O3.C2H6.2H2/c1-15-20(23(31)28-12-16-10-17(25)13-29-24(16)32-2)4-3-5-21(15)33-19-7-9-27-22(11-19)30-18-6-8-26-14-18;1-2;;/h3-7,9-11,13-14H,8,12H2,1-2H3,(H,27,30)(H,28,31);1-2H3;2*1H. The van der Waals surface area contributed by atoms with Crippen molar-refractivity contribution in [1.82, 2.24) is 15.3 Å². The highest BCUT2D eigenvalue weighted by atomic mass is 19.1. The number of aliphatic imine (C=N–C) groups is 1. The summed E-state index contributed by atoms with van der Waals surface area (Å²) in [4.78, 5) is 25.1. The summed E-state index contributed by atoms with van der Waals surface area (Å²) < 4.78 is 24.7.